The van der Waals surface area contributed by atoms with Gasteiger partial charge in [-0.2, -0.15) is 0 Å². The van der Waals surface area contributed by atoms with Gasteiger partial charge in [0.25, 0.3) is 0 Å². The molecule has 0 aromatic rings. The van der Waals surface area contributed by atoms with Crippen LogP contribution >= 0.6 is 0 Å². The van der Waals surface area contributed by atoms with E-state index in [1.165, 1.54) is 25.7 Å². The number of likely N-dealkylation sites (tertiary alicyclic amines) is 2. The Labute approximate surface area is 122 Å². The molecule has 0 atom stereocenters. The van der Waals surface area contributed by atoms with E-state index in [4.69, 9.17) is 5.73 Å². The Hall–Kier alpha value is -1.26. The summed E-state index contributed by atoms with van der Waals surface area (Å²) in [5.41, 5.74) is 6.12. The second kappa shape index (κ2) is 7.50. The third kappa shape index (κ3) is 4.39. The standard InChI is InChI=1S/C15H28N4O/c1-13(20)18-10-6-14(7-11-18)12-17-15(16)19-8-4-2-3-5-9-19/h14H,2-12H2,1H3,(H2,16,17). The number of nitrogens with zero attached hydrogens (tertiary/aromatic N) is 3. The molecule has 2 fully saturated rings. The number of hydrogen-bond acceptors (Lipinski definition) is 2. The quantitative estimate of drug-likeness (QED) is 0.615. The van der Waals surface area contributed by atoms with Gasteiger partial charge in [0, 0.05) is 39.6 Å². The molecule has 2 rings (SSSR count). The molecule has 20 heavy (non-hydrogen) atoms. The van der Waals surface area contributed by atoms with Crippen molar-refractivity contribution in [1.29, 1.82) is 0 Å². The predicted octanol–water partition coefficient (Wildman–Crippen LogP) is 1.44. The van der Waals surface area contributed by atoms with E-state index in [2.05, 4.69) is 9.89 Å². The molecule has 2 N–H and O–H groups in total. The lowest BCUT2D eigenvalue weighted by Gasteiger charge is -2.30. The van der Waals surface area contributed by atoms with Crippen LogP contribution in [0.2, 0.25) is 0 Å². The summed E-state index contributed by atoms with van der Waals surface area (Å²) >= 11 is 0. The summed E-state index contributed by atoms with van der Waals surface area (Å²) in [5, 5.41) is 0. The molecule has 2 aliphatic rings. The Kier molecular flexibility index (Phi) is 5.68. The van der Waals surface area contributed by atoms with Gasteiger partial charge in [0.1, 0.15) is 0 Å². The Bertz CT molecular complexity index is 340. The topological polar surface area (TPSA) is 61.9 Å². The summed E-state index contributed by atoms with van der Waals surface area (Å²) in [5.74, 6) is 1.49. The van der Waals surface area contributed by atoms with Crippen molar-refractivity contribution >= 4 is 11.9 Å². The van der Waals surface area contributed by atoms with E-state index in [-0.39, 0.29) is 5.91 Å². The van der Waals surface area contributed by atoms with Gasteiger partial charge in [-0.1, -0.05) is 12.8 Å². The third-order valence-electron chi connectivity index (χ3n) is 4.50. The maximum absolute atomic E-state index is 11.3. The molecule has 0 spiro atoms. The highest BCUT2D eigenvalue weighted by molar-refractivity contribution is 5.78. The fourth-order valence-corrected chi connectivity index (χ4v) is 3.05. The number of carbonyl (C=O) groups is 1. The second-order valence-electron chi connectivity index (χ2n) is 6.05. The van der Waals surface area contributed by atoms with Crippen LogP contribution in [0.25, 0.3) is 0 Å². The Balaban J connectivity index is 1.76. The zero-order valence-electron chi connectivity index (χ0n) is 12.7. The zero-order chi connectivity index (χ0) is 14.4. The second-order valence-corrected chi connectivity index (χ2v) is 6.05. The van der Waals surface area contributed by atoms with Gasteiger partial charge in [0.2, 0.25) is 5.91 Å². The van der Waals surface area contributed by atoms with E-state index in [0.29, 0.717) is 5.92 Å². The first kappa shape index (κ1) is 15.1. The lowest BCUT2D eigenvalue weighted by Crippen LogP contribution is -2.40. The normalized spacial score (nSPS) is 22.8. The highest BCUT2D eigenvalue weighted by Crippen LogP contribution is 2.17. The van der Waals surface area contributed by atoms with E-state index < -0.39 is 0 Å². The minimum absolute atomic E-state index is 0.191. The number of amides is 1. The SMILES string of the molecule is CC(=O)N1CCC(CN=C(N)N2CCCCCC2)CC1. The molecule has 0 unspecified atom stereocenters. The summed E-state index contributed by atoms with van der Waals surface area (Å²) in [6, 6.07) is 0. The first-order valence-corrected chi connectivity index (χ1v) is 7.97. The largest absolute Gasteiger partial charge is 0.370 e. The van der Waals surface area contributed by atoms with Crippen LogP contribution in [0.1, 0.15) is 45.4 Å². The highest BCUT2D eigenvalue weighted by Gasteiger charge is 2.20. The number of nitrogens with two attached hydrogens (primary N) is 1. The van der Waals surface area contributed by atoms with Crippen molar-refractivity contribution in [3.8, 4) is 0 Å². The fourth-order valence-electron chi connectivity index (χ4n) is 3.05. The van der Waals surface area contributed by atoms with Crippen molar-refractivity contribution in [2.24, 2.45) is 16.6 Å². The molecular formula is C15H28N4O. The summed E-state index contributed by atoms with van der Waals surface area (Å²) in [4.78, 5) is 20.0. The third-order valence-corrected chi connectivity index (χ3v) is 4.50. The van der Waals surface area contributed by atoms with Gasteiger partial charge < -0.3 is 15.5 Å². The van der Waals surface area contributed by atoms with Crippen molar-refractivity contribution in [3.63, 3.8) is 0 Å². The molecule has 0 bridgehead atoms. The maximum Gasteiger partial charge on any atom is 0.219 e. The summed E-state index contributed by atoms with van der Waals surface area (Å²) in [7, 11) is 0. The average molecular weight is 280 g/mol. The van der Waals surface area contributed by atoms with Crippen molar-refractivity contribution in [3.05, 3.63) is 0 Å². The molecule has 5 nitrogen and oxygen atoms in total. The first-order valence-electron chi connectivity index (χ1n) is 7.97. The van der Waals surface area contributed by atoms with Gasteiger partial charge in [0.15, 0.2) is 5.96 Å². The van der Waals surface area contributed by atoms with Gasteiger partial charge in [0.05, 0.1) is 0 Å². The molecule has 2 heterocycles. The van der Waals surface area contributed by atoms with E-state index in [9.17, 15) is 4.79 Å². The van der Waals surface area contributed by atoms with Crippen LogP contribution in [0.3, 0.4) is 0 Å². The zero-order valence-corrected chi connectivity index (χ0v) is 12.7. The number of hydrogen-bond donors (Lipinski definition) is 1. The molecule has 2 aliphatic heterocycles. The van der Waals surface area contributed by atoms with Gasteiger partial charge in [-0.3, -0.25) is 9.79 Å². The smallest absolute Gasteiger partial charge is 0.219 e. The molecule has 1 amide bonds. The van der Waals surface area contributed by atoms with Gasteiger partial charge >= 0.3 is 0 Å². The van der Waals surface area contributed by atoms with Gasteiger partial charge in [-0.25, -0.2) is 0 Å². The van der Waals surface area contributed by atoms with Crippen molar-refractivity contribution in [1.82, 2.24) is 9.80 Å². The summed E-state index contributed by atoms with van der Waals surface area (Å²) in [6.07, 6.45) is 7.19. The number of guanidine groups is 1. The van der Waals surface area contributed by atoms with E-state index in [0.717, 1.165) is 51.5 Å². The lowest BCUT2D eigenvalue weighted by atomic mass is 9.97. The van der Waals surface area contributed by atoms with Crippen LogP contribution in [0.4, 0.5) is 0 Å². The fraction of sp³-hybridized carbons (Fsp3) is 0.867. The van der Waals surface area contributed by atoms with Crippen molar-refractivity contribution in [2.45, 2.75) is 45.4 Å². The molecule has 0 aliphatic carbocycles. The Morgan fingerprint density at radius 2 is 1.65 bits per heavy atom. The monoisotopic (exact) mass is 280 g/mol. The predicted molar refractivity (Wildman–Crippen MR) is 81.5 cm³/mol. The van der Waals surface area contributed by atoms with E-state index >= 15 is 0 Å². The number of aliphatic imine (C=N–C) groups is 1. The van der Waals surface area contributed by atoms with E-state index in [1.807, 2.05) is 4.90 Å². The van der Waals surface area contributed by atoms with Crippen LogP contribution in [-0.2, 0) is 4.79 Å². The van der Waals surface area contributed by atoms with Gasteiger partial charge in [-0.05, 0) is 31.6 Å². The lowest BCUT2D eigenvalue weighted by molar-refractivity contribution is -0.130. The van der Waals surface area contributed by atoms with Crippen LogP contribution < -0.4 is 5.73 Å². The number of rotatable bonds is 2. The van der Waals surface area contributed by atoms with E-state index in [1.54, 1.807) is 6.92 Å². The molecule has 0 radical (unpaired) electrons. The average Bonchev–Trinajstić information content (AvgIpc) is 2.74. The minimum Gasteiger partial charge on any atom is -0.370 e. The minimum atomic E-state index is 0.191. The van der Waals surface area contributed by atoms with Crippen LogP contribution in [0, 0.1) is 5.92 Å². The van der Waals surface area contributed by atoms with Crippen LogP contribution in [0.5, 0.6) is 0 Å². The molecule has 0 aromatic heterocycles. The molecule has 0 saturated carbocycles. The maximum atomic E-state index is 11.3. The Morgan fingerprint density at radius 3 is 2.20 bits per heavy atom. The highest BCUT2D eigenvalue weighted by atomic mass is 16.2. The molecular weight excluding hydrogens is 252 g/mol. The van der Waals surface area contributed by atoms with Gasteiger partial charge in [-0.15, -0.1) is 0 Å². The van der Waals surface area contributed by atoms with Crippen LogP contribution in [0.15, 0.2) is 4.99 Å². The molecule has 114 valence electrons. The van der Waals surface area contributed by atoms with Crippen molar-refractivity contribution in [2.75, 3.05) is 32.7 Å². The Morgan fingerprint density at radius 1 is 1.05 bits per heavy atom. The molecule has 2 saturated heterocycles. The van der Waals surface area contributed by atoms with Crippen LogP contribution in [-0.4, -0.2) is 54.4 Å². The number of piperidine rings is 1. The summed E-state index contributed by atoms with van der Waals surface area (Å²) < 4.78 is 0. The summed E-state index contributed by atoms with van der Waals surface area (Å²) in [6.45, 7) is 6.32. The molecule has 5 heteroatoms. The molecule has 0 aromatic carbocycles. The number of carbonyl (C=O) groups excluding carboxylic acids is 1. The van der Waals surface area contributed by atoms with Crippen molar-refractivity contribution < 1.29 is 4.79 Å². The first-order chi connectivity index (χ1) is 9.66.